The quantitative estimate of drug-likeness (QED) is 0.605. The first-order chi connectivity index (χ1) is 9.95. The Morgan fingerprint density at radius 1 is 1.33 bits per heavy atom. The number of nitrogens with one attached hydrogen (secondary N) is 1. The average molecular weight is 315 g/mol. The fourth-order valence-electron chi connectivity index (χ4n) is 2.17. The molecule has 114 valence electrons. The van der Waals surface area contributed by atoms with Crippen molar-refractivity contribution in [2.75, 3.05) is 0 Å². The Kier molecular flexibility index (Phi) is 4.46. The molecule has 9 heteroatoms. The number of nitrogens with zero attached hydrogens (tertiary/aromatic N) is 3. The number of imidazole rings is 1. The lowest BCUT2D eigenvalue weighted by molar-refractivity contribution is -0.137. The molecule has 0 aliphatic rings. The average Bonchev–Trinajstić information content (AvgIpc) is 2.80. The summed E-state index contributed by atoms with van der Waals surface area (Å²) in [5.41, 5.74) is -0.540. The van der Waals surface area contributed by atoms with E-state index in [0.717, 1.165) is 4.57 Å². The van der Waals surface area contributed by atoms with Crippen LogP contribution in [0.25, 0.3) is 11.2 Å². The van der Waals surface area contributed by atoms with Crippen LogP contribution in [0.1, 0.15) is 26.2 Å². The fourth-order valence-corrected chi connectivity index (χ4v) is 2.34. The SMILES string of the molecule is CCn1c(=O)n(CCCCC(=O)O)c(=O)c2[nH]c(Cl)nc21. The Hall–Kier alpha value is -2.09. The van der Waals surface area contributed by atoms with Crippen LogP contribution < -0.4 is 11.2 Å². The summed E-state index contributed by atoms with van der Waals surface area (Å²) < 4.78 is 2.44. The van der Waals surface area contributed by atoms with E-state index in [2.05, 4.69) is 9.97 Å². The second kappa shape index (κ2) is 6.13. The van der Waals surface area contributed by atoms with Crippen LogP contribution in [-0.4, -0.2) is 30.2 Å². The van der Waals surface area contributed by atoms with Crippen molar-refractivity contribution >= 4 is 28.7 Å². The molecule has 0 fully saturated rings. The smallest absolute Gasteiger partial charge is 0.332 e. The van der Waals surface area contributed by atoms with E-state index in [1.54, 1.807) is 6.92 Å². The summed E-state index contributed by atoms with van der Waals surface area (Å²) in [7, 11) is 0. The van der Waals surface area contributed by atoms with Crippen molar-refractivity contribution < 1.29 is 9.90 Å². The van der Waals surface area contributed by atoms with Gasteiger partial charge in [0.1, 0.15) is 0 Å². The second-order valence-electron chi connectivity index (χ2n) is 4.56. The number of aryl methyl sites for hydroxylation is 1. The summed E-state index contributed by atoms with van der Waals surface area (Å²) in [6, 6.07) is 0. The maximum Gasteiger partial charge on any atom is 0.332 e. The number of carbonyl (C=O) groups is 1. The van der Waals surface area contributed by atoms with Gasteiger partial charge in [0.2, 0.25) is 5.28 Å². The van der Waals surface area contributed by atoms with E-state index < -0.39 is 17.2 Å². The highest BCUT2D eigenvalue weighted by Crippen LogP contribution is 2.09. The third-order valence-corrected chi connectivity index (χ3v) is 3.35. The van der Waals surface area contributed by atoms with Crippen molar-refractivity contribution in [3.8, 4) is 0 Å². The molecule has 0 unspecified atom stereocenters. The maximum atomic E-state index is 12.3. The number of carboxylic acids is 1. The molecule has 0 radical (unpaired) electrons. The summed E-state index contributed by atoms with van der Waals surface area (Å²) in [6.45, 7) is 2.28. The zero-order chi connectivity index (χ0) is 15.6. The number of carboxylic acid groups (broad SMARTS) is 1. The summed E-state index contributed by atoms with van der Waals surface area (Å²) in [5.74, 6) is -0.899. The first-order valence-electron chi connectivity index (χ1n) is 6.56. The number of H-pyrrole nitrogens is 1. The Bertz CT molecular complexity index is 789. The zero-order valence-corrected chi connectivity index (χ0v) is 12.2. The molecule has 8 nitrogen and oxygen atoms in total. The molecule has 2 aromatic heterocycles. The number of aromatic nitrogens is 4. The third kappa shape index (κ3) is 2.99. The Morgan fingerprint density at radius 2 is 2.05 bits per heavy atom. The van der Waals surface area contributed by atoms with E-state index in [9.17, 15) is 14.4 Å². The lowest BCUT2D eigenvalue weighted by atomic mass is 10.2. The monoisotopic (exact) mass is 314 g/mol. The van der Waals surface area contributed by atoms with Gasteiger partial charge in [-0.05, 0) is 31.4 Å². The summed E-state index contributed by atoms with van der Waals surface area (Å²) >= 11 is 5.75. The van der Waals surface area contributed by atoms with Gasteiger partial charge in [0.25, 0.3) is 5.56 Å². The molecule has 0 amide bonds. The molecule has 0 spiro atoms. The summed E-state index contributed by atoms with van der Waals surface area (Å²) in [5, 5.41) is 8.63. The Labute approximate surface area is 124 Å². The minimum absolute atomic E-state index is 0.00878. The molecule has 0 saturated carbocycles. The van der Waals surface area contributed by atoms with Crippen molar-refractivity contribution in [3.05, 3.63) is 26.1 Å². The molecule has 0 aliphatic heterocycles. The van der Waals surface area contributed by atoms with Gasteiger partial charge in [-0.15, -0.1) is 0 Å². The highest BCUT2D eigenvalue weighted by Gasteiger charge is 2.15. The van der Waals surface area contributed by atoms with Gasteiger partial charge >= 0.3 is 11.7 Å². The molecule has 0 saturated heterocycles. The van der Waals surface area contributed by atoms with Crippen LogP contribution in [0.3, 0.4) is 0 Å². The van der Waals surface area contributed by atoms with E-state index in [1.165, 1.54) is 4.57 Å². The molecule has 0 bridgehead atoms. The van der Waals surface area contributed by atoms with Gasteiger partial charge in [0.05, 0.1) is 0 Å². The van der Waals surface area contributed by atoms with Crippen LogP contribution in [0.15, 0.2) is 9.59 Å². The molecular weight excluding hydrogens is 300 g/mol. The van der Waals surface area contributed by atoms with Gasteiger partial charge in [-0.25, -0.2) is 4.79 Å². The van der Waals surface area contributed by atoms with Crippen LogP contribution in [0.5, 0.6) is 0 Å². The number of unbranched alkanes of at least 4 members (excludes halogenated alkanes) is 1. The van der Waals surface area contributed by atoms with Crippen molar-refractivity contribution in [2.45, 2.75) is 39.3 Å². The number of halogens is 1. The third-order valence-electron chi connectivity index (χ3n) is 3.17. The molecule has 2 rings (SSSR count). The standard InChI is InChI=1S/C12H15ClN4O4/c1-2-16-9-8(14-11(13)15-9)10(20)17(12(16)21)6-4-3-5-7(18)19/h2-6H2,1H3,(H,14,15)(H,18,19). The Balaban J connectivity index is 2.41. The predicted molar refractivity (Wildman–Crippen MR) is 76.8 cm³/mol. The van der Waals surface area contributed by atoms with Gasteiger partial charge < -0.3 is 10.1 Å². The largest absolute Gasteiger partial charge is 0.481 e. The minimum Gasteiger partial charge on any atom is -0.481 e. The molecule has 2 N–H and O–H groups in total. The van der Waals surface area contributed by atoms with Crippen LogP contribution in [0.4, 0.5) is 0 Å². The lowest BCUT2D eigenvalue weighted by Gasteiger charge is -2.09. The second-order valence-corrected chi connectivity index (χ2v) is 4.92. The van der Waals surface area contributed by atoms with Crippen LogP contribution >= 0.6 is 11.6 Å². The van der Waals surface area contributed by atoms with Gasteiger partial charge in [0.15, 0.2) is 11.2 Å². The van der Waals surface area contributed by atoms with Crippen molar-refractivity contribution in [1.82, 2.24) is 19.1 Å². The minimum atomic E-state index is -0.899. The van der Waals surface area contributed by atoms with E-state index in [0.29, 0.717) is 19.4 Å². The number of aromatic amines is 1. The molecule has 2 aromatic rings. The van der Waals surface area contributed by atoms with E-state index in [4.69, 9.17) is 16.7 Å². The van der Waals surface area contributed by atoms with Gasteiger partial charge in [-0.2, -0.15) is 4.98 Å². The summed E-state index contributed by atoms with van der Waals surface area (Å²) in [6.07, 6.45) is 0.836. The predicted octanol–water partition coefficient (Wildman–Crippen LogP) is 0.814. The molecule has 2 heterocycles. The maximum absolute atomic E-state index is 12.3. The topological polar surface area (TPSA) is 110 Å². The molecular formula is C12H15ClN4O4. The Morgan fingerprint density at radius 3 is 2.67 bits per heavy atom. The van der Waals surface area contributed by atoms with Crippen LogP contribution in [0.2, 0.25) is 5.28 Å². The molecule has 0 aromatic carbocycles. The number of hydrogen-bond donors (Lipinski definition) is 2. The molecule has 21 heavy (non-hydrogen) atoms. The summed E-state index contributed by atoms with van der Waals surface area (Å²) in [4.78, 5) is 41.6. The highest BCUT2D eigenvalue weighted by molar-refractivity contribution is 6.28. The highest BCUT2D eigenvalue weighted by atomic mass is 35.5. The number of hydrogen-bond acceptors (Lipinski definition) is 4. The van der Waals surface area contributed by atoms with Crippen molar-refractivity contribution in [3.63, 3.8) is 0 Å². The fraction of sp³-hybridized carbons (Fsp3) is 0.500. The lowest BCUT2D eigenvalue weighted by Crippen LogP contribution is -2.40. The van der Waals surface area contributed by atoms with Crippen molar-refractivity contribution in [2.24, 2.45) is 0 Å². The number of aliphatic carboxylic acids is 1. The zero-order valence-electron chi connectivity index (χ0n) is 11.4. The normalized spacial score (nSPS) is 11.1. The van der Waals surface area contributed by atoms with Crippen LogP contribution in [0, 0.1) is 0 Å². The number of rotatable bonds is 6. The van der Waals surface area contributed by atoms with Gasteiger partial charge in [-0.1, -0.05) is 0 Å². The van der Waals surface area contributed by atoms with E-state index in [1.807, 2.05) is 0 Å². The van der Waals surface area contributed by atoms with E-state index in [-0.39, 0.29) is 29.4 Å². The van der Waals surface area contributed by atoms with Gasteiger partial charge in [0, 0.05) is 19.5 Å². The van der Waals surface area contributed by atoms with Crippen LogP contribution in [-0.2, 0) is 17.9 Å². The van der Waals surface area contributed by atoms with Crippen molar-refractivity contribution in [1.29, 1.82) is 0 Å². The molecule has 0 atom stereocenters. The van der Waals surface area contributed by atoms with Gasteiger partial charge in [-0.3, -0.25) is 18.7 Å². The molecule has 0 aliphatic carbocycles. The number of fused-ring (bicyclic) bond motifs is 1. The first kappa shape index (κ1) is 15.3. The van der Waals surface area contributed by atoms with E-state index >= 15 is 0 Å². The first-order valence-corrected chi connectivity index (χ1v) is 6.94.